The lowest BCUT2D eigenvalue weighted by molar-refractivity contribution is 0.178. The Balaban J connectivity index is 2.37. The summed E-state index contributed by atoms with van der Waals surface area (Å²) < 4.78 is 0. The van der Waals surface area contributed by atoms with Crippen molar-refractivity contribution in [3.05, 3.63) is 0 Å². The van der Waals surface area contributed by atoms with Crippen molar-refractivity contribution in [1.29, 1.82) is 0 Å². The summed E-state index contributed by atoms with van der Waals surface area (Å²) in [6.07, 6.45) is 1.78. The number of likely N-dealkylation sites (tertiary alicyclic amines) is 1. The molecule has 3 N–H and O–H groups in total. The minimum Gasteiger partial charge on any atom is -0.393 e. The second kappa shape index (κ2) is 5.30. The maximum Gasteiger partial charge on any atom is 0.317 e. The van der Waals surface area contributed by atoms with Gasteiger partial charge in [-0.3, -0.25) is 0 Å². The number of amides is 2. The third kappa shape index (κ3) is 3.66. The maximum absolute atomic E-state index is 11.6. The van der Waals surface area contributed by atoms with E-state index in [-0.39, 0.29) is 12.1 Å². The standard InChI is InChI=1S/C10H19N3OS/c1-7(2)12-10(14)13-5-3-8(4-6-13)9(11)15/h7-8H,3-6H2,1-2H3,(H2,11,15)(H,12,14). The van der Waals surface area contributed by atoms with Crippen LogP contribution in [0.15, 0.2) is 0 Å². The highest BCUT2D eigenvalue weighted by Crippen LogP contribution is 2.17. The molecule has 0 aromatic carbocycles. The Kier molecular flexibility index (Phi) is 4.32. The number of urea groups is 1. The number of nitrogens with two attached hydrogens (primary N) is 1. The highest BCUT2D eigenvalue weighted by molar-refractivity contribution is 7.80. The molecule has 1 fully saturated rings. The van der Waals surface area contributed by atoms with E-state index in [1.807, 2.05) is 18.7 Å². The van der Waals surface area contributed by atoms with Crippen molar-refractivity contribution in [2.45, 2.75) is 32.7 Å². The molecular weight excluding hydrogens is 210 g/mol. The Morgan fingerprint density at radius 1 is 1.47 bits per heavy atom. The van der Waals surface area contributed by atoms with Gasteiger partial charge in [-0.05, 0) is 26.7 Å². The Morgan fingerprint density at radius 2 is 2.00 bits per heavy atom. The lowest BCUT2D eigenvalue weighted by Gasteiger charge is -2.32. The molecular formula is C10H19N3OS. The number of nitrogens with zero attached hydrogens (tertiary/aromatic N) is 1. The predicted octanol–water partition coefficient (Wildman–Crippen LogP) is 1.10. The number of hydrogen-bond donors (Lipinski definition) is 2. The van der Waals surface area contributed by atoms with E-state index in [2.05, 4.69) is 5.32 Å². The van der Waals surface area contributed by atoms with Crippen LogP contribution in [0.5, 0.6) is 0 Å². The van der Waals surface area contributed by atoms with Gasteiger partial charge in [-0.15, -0.1) is 0 Å². The fraction of sp³-hybridized carbons (Fsp3) is 0.800. The van der Waals surface area contributed by atoms with Gasteiger partial charge in [0.15, 0.2) is 0 Å². The van der Waals surface area contributed by atoms with E-state index in [9.17, 15) is 4.79 Å². The number of rotatable bonds is 2. The van der Waals surface area contributed by atoms with E-state index in [1.165, 1.54) is 0 Å². The summed E-state index contributed by atoms with van der Waals surface area (Å²) in [7, 11) is 0. The number of thiocarbonyl (C=S) groups is 1. The van der Waals surface area contributed by atoms with Crippen LogP contribution in [0.4, 0.5) is 4.79 Å². The molecule has 0 aromatic rings. The van der Waals surface area contributed by atoms with Gasteiger partial charge in [0, 0.05) is 25.0 Å². The fourth-order valence-corrected chi connectivity index (χ4v) is 1.94. The molecule has 1 saturated heterocycles. The number of carbonyl (C=O) groups excluding carboxylic acids is 1. The van der Waals surface area contributed by atoms with Gasteiger partial charge >= 0.3 is 6.03 Å². The van der Waals surface area contributed by atoms with Crippen LogP contribution in [0.2, 0.25) is 0 Å². The van der Waals surface area contributed by atoms with Crippen molar-refractivity contribution in [3.63, 3.8) is 0 Å². The van der Waals surface area contributed by atoms with Crippen molar-refractivity contribution in [2.75, 3.05) is 13.1 Å². The molecule has 0 bridgehead atoms. The molecule has 0 radical (unpaired) electrons. The summed E-state index contributed by atoms with van der Waals surface area (Å²) in [5, 5.41) is 2.88. The van der Waals surface area contributed by atoms with Gasteiger partial charge in [0.1, 0.15) is 0 Å². The highest BCUT2D eigenvalue weighted by Gasteiger charge is 2.24. The normalized spacial score (nSPS) is 17.9. The summed E-state index contributed by atoms with van der Waals surface area (Å²) in [5.74, 6) is 0.308. The van der Waals surface area contributed by atoms with Crippen LogP contribution in [-0.4, -0.2) is 35.1 Å². The summed E-state index contributed by atoms with van der Waals surface area (Å²) in [6.45, 7) is 5.42. The van der Waals surface area contributed by atoms with Gasteiger partial charge in [-0.1, -0.05) is 12.2 Å². The molecule has 2 amide bonds. The molecule has 0 saturated carbocycles. The van der Waals surface area contributed by atoms with Crippen molar-refractivity contribution in [2.24, 2.45) is 11.7 Å². The Morgan fingerprint density at radius 3 is 2.40 bits per heavy atom. The Bertz CT molecular complexity index is 247. The Labute approximate surface area is 96.2 Å². The molecule has 0 aliphatic carbocycles. The zero-order valence-corrected chi connectivity index (χ0v) is 10.1. The first-order valence-electron chi connectivity index (χ1n) is 5.35. The lowest BCUT2D eigenvalue weighted by Crippen LogP contribution is -2.47. The summed E-state index contributed by atoms with van der Waals surface area (Å²) in [5.41, 5.74) is 5.58. The lowest BCUT2D eigenvalue weighted by atomic mass is 9.97. The second-order valence-electron chi connectivity index (χ2n) is 4.27. The molecule has 0 atom stereocenters. The molecule has 1 rings (SSSR count). The van der Waals surface area contributed by atoms with Crippen molar-refractivity contribution in [1.82, 2.24) is 10.2 Å². The van der Waals surface area contributed by atoms with E-state index in [0.717, 1.165) is 25.9 Å². The minimum absolute atomic E-state index is 0.0198. The summed E-state index contributed by atoms with van der Waals surface area (Å²) >= 11 is 4.95. The molecule has 5 heteroatoms. The second-order valence-corrected chi connectivity index (χ2v) is 4.74. The molecule has 1 aliphatic heterocycles. The number of piperidine rings is 1. The summed E-state index contributed by atoms with van der Waals surface area (Å²) in [6, 6.07) is 0.206. The van der Waals surface area contributed by atoms with Crippen LogP contribution < -0.4 is 11.1 Å². The first-order chi connectivity index (χ1) is 7.00. The van der Waals surface area contributed by atoms with Crippen LogP contribution in [0.25, 0.3) is 0 Å². The van der Waals surface area contributed by atoms with Crippen LogP contribution >= 0.6 is 12.2 Å². The topological polar surface area (TPSA) is 58.4 Å². The molecule has 1 heterocycles. The van der Waals surface area contributed by atoms with Crippen LogP contribution in [0, 0.1) is 5.92 Å². The highest BCUT2D eigenvalue weighted by atomic mass is 32.1. The van der Waals surface area contributed by atoms with Crippen molar-refractivity contribution < 1.29 is 4.79 Å². The molecule has 1 aliphatic rings. The number of carbonyl (C=O) groups is 1. The monoisotopic (exact) mass is 229 g/mol. The SMILES string of the molecule is CC(C)NC(=O)N1CCC(C(N)=S)CC1. The first-order valence-corrected chi connectivity index (χ1v) is 5.76. The van der Waals surface area contributed by atoms with E-state index in [0.29, 0.717) is 10.9 Å². The molecule has 0 spiro atoms. The van der Waals surface area contributed by atoms with E-state index >= 15 is 0 Å². The van der Waals surface area contributed by atoms with Gasteiger partial charge in [0.05, 0.1) is 4.99 Å². The minimum atomic E-state index is 0.0198. The maximum atomic E-state index is 11.6. The number of nitrogens with one attached hydrogen (secondary N) is 1. The average Bonchev–Trinajstić information content (AvgIpc) is 2.17. The molecule has 4 nitrogen and oxygen atoms in total. The van der Waals surface area contributed by atoms with E-state index in [4.69, 9.17) is 18.0 Å². The quantitative estimate of drug-likeness (QED) is 0.697. The van der Waals surface area contributed by atoms with Gasteiger partial charge in [-0.2, -0.15) is 0 Å². The zero-order chi connectivity index (χ0) is 11.4. The van der Waals surface area contributed by atoms with Gasteiger partial charge in [0.2, 0.25) is 0 Å². The van der Waals surface area contributed by atoms with Gasteiger partial charge in [0.25, 0.3) is 0 Å². The largest absolute Gasteiger partial charge is 0.393 e. The zero-order valence-electron chi connectivity index (χ0n) is 9.32. The van der Waals surface area contributed by atoms with Crippen molar-refractivity contribution in [3.8, 4) is 0 Å². The smallest absolute Gasteiger partial charge is 0.317 e. The average molecular weight is 229 g/mol. The van der Waals surface area contributed by atoms with Crippen LogP contribution in [0.1, 0.15) is 26.7 Å². The molecule has 0 unspecified atom stereocenters. The van der Waals surface area contributed by atoms with Crippen LogP contribution in [0.3, 0.4) is 0 Å². The number of hydrogen-bond acceptors (Lipinski definition) is 2. The summed E-state index contributed by atoms with van der Waals surface area (Å²) in [4.78, 5) is 14.0. The van der Waals surface area contributed by atoms with Gasteiger partial charge in [-0.25, -0.2) is 4.79 Å². The molecule has 0 aromatic heterocycles. The fourth-order valence-electron chi connectivity index (χ4n) is 1.71. The van der Waals surface area contributed by atoms with Gasteiger partial charge < -0.3 is 16.0 Å². The molecule has 15 heavy (non-hydrogen) atoms. The van der Waals surface area contributed by atoms with Crippen LogP contribution in [-0.2, 0) is 0 Å². The van der Waals surface area contributed by atoms with Crippen molar-refractivity contribution >= 4 is 23.2 Å². The van der Waals surface area contributed by atoms with E-state index < -0.39 is 0 Å². The third-order valence-electron chi connectivity index (χ3n) is 2.60. The Hall–Kier alpha value is -0.840. The molecule has 86 valence electrons. The first kappa shape index (κ1) is 12.2. The third-order valence-corrected chi connectivity index (χ3v) is 2.93. The predicted molar refractivity (Wildman–Crippen MR) is 64.8 cm³/mol. The van der Waals surface area contributed by atoms with E-state index in [1.54, 1.807) is 0 Å².